The van der Waals surface area contributed by atoms with Gasteiger partial charge < -0.3 is 14.7 Å². The number of amides is 1. The molecule has 132 valence electrons. The second-order valence-electron chi connectivity index (χ2n) is 6.00. The first-order valence-electron chi connectivity index (χ1n) is 7.82. The van der Waals surface area contributed by atoms with Gasteiger partial charge in [0.1, 0.15) is 11.4 Å². The molecule has 1 amide bonds. The lowest BCUT2D eigenvalue weighted by Gasteiger charge is -2.38. The first-order chi connectivity index (χ1) is 11.9. The summed E-state index contributed by atoms with van der Waals surface area (Å²) in [6.45, 7) is 2.24. The van der Waals surface area contributed by atoms with E-state index in [1.807, 2.05) is 6.92 Å². The smallest absolute Gasteiger partial charge is 0.348 e. The van der Waals surface area contributed by atoms with Gasteiger partial charge in [-0.15, -0.1) is 0 Å². The van der Waals surface area contributed by atoms with Gasteiger partial charge in [0.15, 0.2) is 0 Å². The number of hydrogen-bond donors (Lipinski definition) is 3. The van der Waals surface area contributed by atoms with Gasteiger partial charge in [-0.3, -0.25) is 24.8 Å². The molecule has 0 saturated carbocycles. The maximum absolute atomic E-state index is 12.3. The van der Waals surface area contributed by atoms with Crippen LogP contribution in [0.5, 0.6) is 5.75 Å². The predicted octanol–water partition coefficient (Wildman–Crippen LogP) is 0.545. The molecule has 0 atom stereocenters. The van der Waals surface area contributed by atoms with Crippen LogP contribution in [0, 0.1) is 6.92 Å². The number of carboxylic acids is 1. The van der Waals surface area contributed by atoms with Crippen molar-refractivity contribution < 1.29 is 19.4 Å². The third-order valence-corrected chi connectivity index (χ3v) is 4.27. The van der Waals surface area contributed by atoms with Gasteiger partial charge in [0.2, 0.25) is 5.60 Å². The first-order valence-corrected chi connectivity index (χ1v) is 7.82. The minimum absolute atomic E-state index is 0.136. The van der Waals surface area contributed by atoms with Gasteiger partial charge in [-0.2, -0.15) is 0 Å². The fourth-order valence-electron chi connectivity index (χ4n) is 2.79. The zero-order chi connectivity index (χ0) is 18.0. The fourth-order valence-corrected chi connectivity index (χ4v) is 2.79. The average Bonchev–Trinajstić information content (AvgIpc) is 3.03. The number of aromatic nitrogens is 3. The van der Waals surface area contributed by atoms with Crippen molar-refractivity contribution in [1.82, 2.24) is 20.1 Å². The second-order valence-corrected chi connectivity index (χ2v) is 6.00. The highest BCUT2D eigenvalue weighted by molar-refractivity contribution is 5.92. The van der Waals surface area contributed by atoms with Gasteiger partial charge in [-0.05, 0) is 19.1 Å². The molecule has 3 heterocycles. The lowest BCUT2D eigenvalue weighted by Crippen LogP contribution is -2.54. The topological polar surface area (TPSA) is 128 Å². The Labute approximate surface area is 142 Å². The molecule has 1 fully saturated rings. The summed E-state index contributed by atoms with van der Waals surface area (Å²) in [5.74, 6) is -1.05. The highest BCUT2D eigenvalue weighted by Gasteiger charge is 2.45. The maximum atomic E-state index is 12.3. The van der Waals surface area contributed by atoms with Crippen LogP contribution in [-0.2, 0) is 4.79 Å². The number of ether oxygens (including phenoxy) is 1. The number of carbonyl (C=O) groups is 2. The van der Waals surface area contributed by atoms with Crippen molar-refractivity contribution in [2.45, 2.75) is 25.4 Å². The van der Waals surface area contributed by atoms with Crippen LogP contribution in [0.25, 0.3) is 0 Å². The molecule has 9 nitrogen and oxygen atoms in total. The van der Waals surface area contributed by atoms with Crippen LogP contribution >= 0.6 is 0 Å². The number of nitrogens with zero attached hydrogens (tertiary/aromatic N) is 2. The molecule has 0 unspecified atom stereocenters. The average molecular weight is 346 g/mol. The molecule has 3 rings (SSSR count). The Kier molecular flexibility index (Phi) is 4.30. The van der Waals surface area contributed by atoms with E-state index in [-0.39, 0.29) is 37.5 Å². The quantitative estimate of drug-likeness (QED) is 0.741. The van der Waals surface area contributed by atoms with E-state index < -0.39 is 17.1 Å². The van der Waals surface area contributed by atoms with Crippen LogP contribution < -0.4 is 10.3 Å². The number of pyridine rings is 1. The van der Waals surface area contributed by atoms with Crippen LogP contribution in [0.3, 0.4) is 0 Å². The monoisotopic (exact) mass is 346 g/mol. The number of H-pyrrole nitrogens is 2. The molecule has 1 saturated heterocycles. The van der Waals surface area contributed by atoms with E-state index >= 15 is 0 Å². The van der Waals surface area contributed by atoms with Crippen LogP contribution in [0.4, 0.5) is 0 Å². The van der Waals surface area contributed by atoms with E-state index in [0.29, 0.717) is 5.75 Å². The van der Waals surface area contributed by atoms with Crippen LogP contribution in [0.2, 0.25) is 0 Å². The number of carboxylic acid groups (broad SMARTS) is 1. The van der Waals surface area contributed by atoms with Crippen molar-refractivity contribution >= 4 is 11.9 Å². The SMILES string of the molecule is Cc1ccc(OC2(C(=O)O)CCN(C(=O)c3cc(=O)[nH][nH]3)CC2)cn1. The number of rotatable bonds is 4. The van der Waals surface area contributed by atoms with E-state index in [4.69, 9.17) is 4.74 Å². The highest BCUT2D eigenvalue weighted by Crippen LogP contribution is 2.29. The number of nitrogens with one attached hydrogen (secondary N) is 2. The molecular formula is C16H18N4O5. The summed E-state index contributed by atoms with van der Waals surface area (Å²) < 4.78 is 5.73. The van der Waals surface area contributed by atoms with Gasteiger partial charge in [0, 0.05) is 37.7 Å². The lowest BCUT2D eigenvalue weighted by atomic mass is 9.91. The molecular weight excluding hydrogens is 328 g/mol. The number of piperidine rings is 1. The Morgan fingerprint density at radius 1 is 1.28 bits per heavy atom. The summed E-state index contributed by atoms with van der Waals surface area (Å²) >= 11 is 0. The fraction of sp³-hybridized carbons (Fsp3) is 0.375. The summed E-state index contributed by atoms with van der Waals surface area (Å²) in [5, 5.41) is 14.5. The zero-order valence-corrected chi connectivity index (χ0v) is 13.6. The predicted molar refractivity (Wildman–Crippen MR) is 86.5 cm³/mol. The molecule has 2 aromatic heterocycles. The Balaban J connectivity index is 1.72. The first kappa shape index (κ1) is 16.7. The standard InChI is InChI=1S/C16H18N4O5/c1-10-2-3-11(9-17-10)25-16(15(23)24)4-6-20(7-5-16)14(22)12-8-13(21)19-18-12/h2-3,8-9H,4-7H2,1H3,(H,23,24)(H2,18,19,21). The molecule has 25 heavy (non-hydrogen) atoms. The summed E-state index contributed by atoms with van der Waals surface area (Å²) in [5.41, 5.74) is -0.844. The third kappa shape index (κ3) is 3.39. The molecule has 0 spiro atoms. The molecule has 0 bridgehead atoms. The van der Waals surface area contributed by atoms with Gasteiger partial charge in [0.25, 0.3) is 11.5 Å². The minimum atomic E-state index is -1.40. The van der Waals surface area contributed by atoms with Gasteiger partial charge >= 0.3 is 5.97 Å². The van der Waals surface area contributed by atoms with E-state index in [0.717, 1.165) is 5.69 Å². The normalized spacial score (nSPS) is 16.4. The molecule has 1 aliphatic heterocycles. The van der Waals surface area contributed by atoms with Crippen molar-refractivity contribution in [3.63, 3.8) is 0 Å². The Morgan fingerprint density at radius 2 is 2.00 bits per heavy atom. The van der Waals surface area contributed by atoms with E-state index in [1.54, 1.807) is 12.1 Å². The third-order valence-electron chi connectivity index (χ3n) is 4.27. The zero-order valence-electron chi connectivity index (χ0n) is 13.6. The maximum Gasteiger partial charge on any atom is 0.348 e. The van der Waals surface area contributed by atoms with Gasteiger partial charge in [-0.25, -0.2) is 4.79 Å². The molecule has 0 aliphatic carbocycles. The molecule has 3 N–H and O–H groups in total. The summed E-state index contributed by atoms with van der Waals surface area (Å²) in [6.07, 6.45) is 1.76. The van der Waals surface area contributed by atoms with E-state index in [2.05, 4.69) is 15.2 Å². The number of aromatic amines is 2. The number of hydrogen-bond acceptors (Lipinski definition) is 5. The van der Waals surface area contributed by atoms with Crippen molar-refractivity contribution in [3.05, 3.63) is 46.1 Å². The van der Waals surface area contributed by atoms with Crippen LogP contribution in [0.15, 0.2) is 29.2 Å². The molecule has 0 aromatic carbocycles. The minimum Gasteiger partial charge on any atom is -0.478 e. The molecule has 0 radical (unpaired) electrons. The van der Waals surface area contributed by atoms with E-state index in [1.165, 1.54) is 17.2 Å². The summed E-state index contributed by atoms with van der Waals surface area (Å²) in [4.78, 5) is 40.9. The molecule has 1 aliphatic rings. The second kappa shape index (κ2) is 6.42. The highest BCUT2D eigenvalue weighted by atomic mass is 16.5. The van der Waals surface area contributed by atoms with Crippen LogP contribution in [-0.4, -0.2) is 55.8 Å². The Morgan fingerprint density at radius 3 is 2.52 bits per heavy atom. The molecule has 2 aromatic rings. The lowest BCUT2D eigenvalue weighted by molar-refractivity contribution is -0.159. The van der Waals surface area contributed by atoms with E-state index in [9.17, 15) is 19.5 Å². The number of carbonyl (C=O) groups excluding carboxylic acids is 1. The van der Waals surface area contributed by atoms with Crippen molar-refractivity contribution in [1.29, 1.82) is 0 Å². The summed E-state index contributed by atoms with van der Waals surface area (Å²) in [7, 11) is 0. The van der Waals surface area contributed by atoms with Crippen LogP contribution in [0.1, 0.15) is 29.0 Å². The molecule has 9 heteroatoms. The summed E-state index contributed by atoms with van der Waals surface area (Å²) in [6, 6.07) is 4.59. The Hall–Kier alpha value is -3.10. The largest absolute Gasteiger partial charge is 0.478 e. The van der Waals surface area contributed by atoms with Crippen molar-refractivity contribution in [3.8, 4) is 5.75 Å². The Bertz CT molecular complexity index is 831. The number of aliphatic carboxylic acids is 1. The van der Waals surface area contributed by atoms with Crippen molar-refractivity contribution in [2.75, 3.05) is 13.1 Å². The van der Waals surface area contributed by atoms with Gasteiger partial charge in [-0.1, -0.05) is 0 Å². The number of likely N-dealkylation sites (tertiary alicyclic amines) is 1. The van der Waals surface area contributed by atoms with Crippen molar-refractivity contribution in [2.24, 2.45) is 0 Å². The van der Waals surface area contributed by atoms with Gasteiger partial charge in [0.05, 0.1) is 6.20 Å². The number of aryl methyl sites for hydroxylation is 1.